The van der Waals surface area contributed by atoms with Crippen LogP contribution in [0.4, 0.5) is 0 Å². The van der Waals surface area contributed by atoms with Crippen molar-refractivity contribution in [1.82, 2.24) is 5.16 Å². The summed E-state index contributed by atoms with van der Waals surface area (Å²) in [6, 6.07) is 17.8. The van der Waals surface area contributed by atoms with Crippen molar-refractivity contribution in [2.45, 2.75) is 6.61 Å². The molecule has 0 saturated carbocycles. The third-order valence-corrected chi connectivity index (χ3v) is 3.30. The highest BCUT2D eigenvalue weighted by Crippen LogP contribution is 2.22. The number of hydrogen-bond acceptors (Lipinski definition) is 4. The molecule has 0 atom stereocenters. The van der Waals surface area contributed by atoms with E-state index in [2.05, 4.69) is 5.16 Å². The number of carbonyl (C=O) groups excluding carboxylic acids is 1. The lowest BCUT2D eigenvalue weighted by atomic mass is 10.2. The molecule has 0 N–H and O–H groups in total. The summed E-state index contributed by atoms with van der Waals surface area (Å²) in [4.78, 5) is 11.8. The van der Waals surface area contributed by atoms with E-state index in [0.29, 0.717) is 22.0 Å². The zero-order chi connectivity index (χ0) is 15.4. The van der Waals surface area contributed by atoms with Crippen molar-refractivity contribution in [3.05, 3.63) is 76.9 Å². The Morgan fingerprint density at radius 3 is 2.55 bits per heavy atom. The van der Waals surface area contributed by atoms with Gasteiger partial charge in [0.2, 0.25) is 0 Å². The number of hydrogen-bond donors (Lipinski definition) is 0. The van der Waals surface area contributed by atoms with Crippen LogP contribution in [0.5, 0.6) is 0 Å². The van der Waals surface area contributed by atoms with Crippen LogP contribution in [-0.4, -0.2) is 11.1 Å². The molecule has 0 saturated heterocycles. The Hall–Kier alpha value is -2.59. The van der Waals surface area contributed by atoms with Crippen LogP contribution in [0.2, 0.25) is 5.02 Å². The number of rotatable bonds is 4. The van der Waals surface area contributed by atoms with Gasteiger partial charge in [0, 0.05) is 16.7 Å². The van der Waals surface area contributed by atoms with Gasteiger partial charge in [0.05, 0.1) is 5.56 Å². The number of benzene rings is 2. The molecular weight excluding hydrogens is 302 g/mol. The molecule has 1 aromatic heterocycles. The van der Waals surface area contributed by atoms with Crippen molar-refractivity contribution in [3.63, 3.8) is 0 Å². The summed E-state index contributed by atoms with van der Waals surface area (Å²) in [6.07, 6.45) is 0. The van der Waals surface area contributed by atoms with E-state index in [9.17, 15) is 4.79 Å². The van der Waals surface area contributed by atoms with E-state index in [1.807, 2.05) is 18.2 Å². The van der Waals surface area contributed by atoms with Crippen LogP contribution >= 0.6 is 11.6 Å². The van der Waals surface area contributed by atoms with Crippen molar-refractivity contribution >= 4 is 17.6 Å². The summed E-state index contributed by atoms with van der Waals surface area (Å²) < 4.78 is 10.4. The minimum absolute atomic E-state index is 0.0603. The van der Waals surface area contributed by atoms with Gasteiger partial charge < -0.3 is 9.26 Å². The Bertz CT molecular complexity index is 766. The number of nitrogens with zero attached hydrogens (tertiary/aromatic N) is 1. The quantitative estimate of drug-likeness (QED) is 0.672. The van der Waals surface area contributed by atoms with Gasteiger partial charge in [0.1, 0.15) is 12.3 Å². The fourth-order valence-electron chi connectivity index (χ4n) is 1.93. The number of ether oxygens (including phenoxy) is 1. The van der Waals surface area contributed by atoms with Gasteiger partial charge in [0.25, 0.3) is 0 Å². The van der Waals surface area contributed by atoms with E-state index >= 15 is 0 Å². The molecule has 0 unspecified atom stereocenters. The molecule has 110 valence electrons. The molecule has 0 aliphatic rings. The van der Waals surface area contributed by atoms with Crippen molar-refractivity contribution in [2.75, 3.05) is 0 Å². The highest BCUT2D eigenvalue weighted by Gasteiger charge is 2.10. The lowest BCUT2D eigenvalue weighted by molar-refractivity contribution is 0.0464. The lowest BCUT2D eigenvalue weighted by Crippen LogP contribution is -2.04. The van der Waals surface area contributed by atoms with Crippen molar-refractivity contribution in [1.29, 1.82) is 0 Å². The largest absolute Gasteiger partial charge is 0.455 e. The molecule has 22 heavy (non-hydrogen) atoms. The minimum atomic E-state index is -0.392. The Kier molecular flexibility index (Phi) is 4.21. The average Bonchev–Trinajstić information content (AvgIpc) is 3.03. The Labute approximate surface area is 132 Å². The van der Waals surface area contributed by atoms with Gasteiger partial charge in [-0.1, -0.05) is 35.0 Å². The molecule has 0 fully saturated rings. The number of halogens is 1. The SMILES string of the molecule is O=C(OCc1cc(-c2ccc(Cl)cc2)on1)c1ccccc1. The summed E-state index contributed by atoms with van der Waals surface area (Å²) in [5, 5.41) is 4.55. The lowest BCUT2D eigenvalue weighted by Gasteiger charge is -2.01. The summed E-state index contributed by atoms with van der Waals surface area (Å²) in [5.41, 5.74) is 1.91. The molecule has 0 amide bonds. The Morgan fingerprint density at radius 2 is 1.82 bits per heavy atom. The maximum atomic E-state index is 11.8. The maximum absolute atomic E-state index is 11.8. The molecule has 3 aromatic rings. The zero-order valence-corrected chi connectivity index (χ0v) is 12.3. The van der Waals surface area contributed by atoms with Gasteiger partial charge in [-0.3, -0.25) is 0 Å². The molecule has 0 aliphatic carbocycles. The number of esters is 1. The van der Waals surface area contributed by atoms with Gasteiger partial charge >= 0.3 is 5.97 Å². The molecule has 0 aliphatic heterocycles. The predicted molar refractivity (Wildman–Crippen MR) is 82.5 cm³/mol. The predicted octanol–water partition coefficient (Wildman–Crippen LogP) is 4.35. The second-order valence-corrected chi connectivity index (χ2v) is 5.07. The first-order valence-electron chi connectivity index (χ1n) is 6.66. The molecular formula is C17H12ClNO3. The van der Waals surface area contributed by atoms with Crippen LogP contribution in [0.15, 0.2) is 65.2 Å². The molecule has 5 heteroatoms. The molecule has 2 aromatic carbocycles. The van der Waals surface area contributed by atoms with Crippen molar-refractivity contribution in [3.8, 4) is 11.3 Å². The standard InChI is InChI=1S/C17H12ClNO3/c18-14-8-6-12(7-9-14)16-10-15(19-22-16)11-21-17(20)13-4-2-1-3-5-13/h1-10H,11H2. The molecule has 0 spiro atoms. The van der Waals surface area contributed by atoms with E-state index in [4.69, 9.17) is 20.9 Å². The van der Waals surface area contributed by atoms with Gasteiger partial charge in [-0.2, -0.15) is 0 Å². The first kappa shape index (κ1) is 14.4. The second-order valence-electron chi connectivity index (χ2n) is 4.63. The third-order valence-electron chi connectivity index (χ3n) is 3.05. The van der Waals surface area contributed by atoms with E-state index in [0.717, 1.165) is 5.56 Å². The third kappa shape index (κ3) is 3.35. The molecule has 0 radical (unpaired) electrons. The maximum Gasteiger partial charge on any atom is 0.338 e. The van der Waals surface area contributed by atoms with Crippen LogP contribution in [0, 0.1) is 0 Å². The molecule has 1 heterocycles. The minimum Gasteiger partial charge on any atom is -0.455 e. The fourth-order valence-corrected chi connectivity index (χ4v) is 2.05. The fraction of sp³-hybridized carbons (Fsp3) is 0.0588. The van der Waals surface area contributed by atoms with Crippen LogP contribution in [0.25, 0.3) is 11.3 Å². The van der Waals surface area contributed by atoms with E-state index in [1.54, 1.807) is 42.5 Å². The summed E-state index contributed by atoms with van der Waals surface area (Å²) in [5.74, 6) is 0.207. The smallest absolute Gasteiger partial charge is 0.338 e. The van der Waals surface area contributed by atoms with Crippen LogP contribution in [-0.2, 0) is 11.3 Å². The van der Waals surface area contributed by atoms with E-state index in [1.165, 1.54) is 0 Å². The monoisotopic (exact) mass is 313 g/mol. The van der Waals surface area contributed by atoms with Crippen LogP contribution in [0.1, 0.15) is 16.1 Å². The molecule has 4 nitrogen and oxygen atoms in total. The zero-order valence-electron chi connectivity index (χ0n) is 11.5. The summed E-state index contributed by atoms with van der Waals surface area (Å²) in [6.45, 7) is 0.0603. The highest BCUT2D eigenvalue weighted by atomic mass is 35.5. The number of aromatic nitrogens is 1. The molecule has 3 rings (SSSR count). The topological polar surface area (TPSA) is 52.3 Å². The van der Waals surface area contributed by atoms with E-state index in [-0.39, 0.29) is 6.61 Å². The van der Waals surface area contributed by atoms with Gasteiger partial charge in [-0.15, -0.1) is 0 Å². The Balaban J connectivity index is 1.65. The normalized spacial score (nSPS) is 10.4. The van der Waals surface area contributed by atoms with Gasteiger partial charge in [-0.05, 0) is 36.4 Å². The summed E-state index contributed by atoms with van der Waals surface area (Å²) in [7, 11) is 0. The first-order valence-corrected chi connectivity index (χ1v) is 7.04. The highest BCUT2D eigenvalue weighted by molar-refractivity contribution is 6.30. The number of carbonyl (C=O) groups is 1. The summed E-state index contributed by atoms with van der Waals surface area (Å²) >= 11 is 5.84. The average molecular weight is 314 g/mol. The van der Waals surface area contributed by atoms with Crippen LogP contribution < -0.4 is 0 Å². The molecule has 0 bridgehead atoms. The van der Waals surface area contributed by atoms with Crippen LogP contribution in [0.3, 0.4) is 0 Å². The van der Waals surface area contributed by atoms with Crippen molar-refractivity contribution < 1.29 is 14.1 Å². The van der Waals surface area contributed by atoms with Gasteiger partial charge in [0.15, 0.2) is 5.76 Å². The Morgan fingerprint density at radius 1 is 1.09 bits per heavy atom. The second kappa shape index (κ2) is 6.45. The van der Waals surface area contributed by atoms with E-state index < -0.39 is 5.97 Å². The van der Waals surface area contributed by atoms with Crippen molar-refractivity contribution in [2.24, 2.45) is 0 Å². The first-order chi connectivity index (χ1) is 10.7. The van der Waals surface area contributed by atoms with Gasteiger partial charge in [-0.25, -0.2) is 4.79 Å².